The molecule has 0 saturated heterocycles. The van der Waals surface area contributed by atoms with E-state index in [0.717, 1.165) is 10.4 Å². The Morgan fingerprint density at radius 2 is 1.88 bits per heavy atom. The smallest absolute Gasteiger partial charge is 0.180 e. The normalized spacial score (nSPS) is 11.1. The predicted octanol–water partition coefficient (Wildman–Crippen LogP) is 3.97. The quantitative estimate of drug-likeness (QED) is 0.448. The lowest BCUT2D eigenvalue weighted by Gasteiger charge is -2.06. The predicted molar refractivity (Wildman–Crippen MR) is 77.4 cm³/mol. The van der Waals surface area contributed by atoms with Gasteiger partial charge in [0.25, 0.3) is 0 Å². The van der Waals surface area contributed by atoms with Crippen LogP contribution in [0.5, 0.6) is 0 Å². The van der Waals surface area contributed by atoms with Crippen molar-refractivity contribution in [3.63, 3.8) is 0 Å². The topological polar surface area (TPSA) is 17.1 Å². The molecule has 2 aliphatic rings. The Kier molecular flexibility index (Phi) is 2.44. The van der Waals surface area contributed by atoms with E-state index in [1.807, 2.05) is 6.07 Å². The summed E-state index contributed by atoms with van der Waals surface area (Å²) in [6, 6.07) is 13.7. The molecule has 0 N–H and O–H groups in total. The summed E-state index contributed by atoms with van der Waals surface area (Å²) >= 11 is 3.98. The van der Waals surface area contributed by atoms with Crippen molar-refractivity contribution >= 4 is 44.0 Å². The van der Waals surface area contributed by atoms with Gasteiger partial charge in [-0.1, -0.05) is 6.07 Å². The van der Waals surface area contributed by atoms with Gasteiger partial charge < -0.3 is 0 Å². The molecule has 1 nitrogen and oxygen atoms in total. The van der Waals surface area contributed by atoms with E-state index >= 15 is 0 Å². The minimum absolute atomic E-state index is 0.0775. The van der Waals surface area contributed by atoms with Crippen molar-refractivity contribution in [3.05, 3.63) is 56.3 Å². The molecule has 16 heavy (non-hydrogen) atoms. The zero-order chi connectivity index (χ0) is 11.1. The first-order valence-electron chi connectivity index (χ1n) is 4.85. The molecule has 1 aliphatic carbocycles. The zero-order valence-electron chi connectivity index (χ0n) is 8.24. The Labute approximate surface area is 110 Å². The summed E-state index contributed by atoms with van der Waals surface area (Å²) in [5.41, 5.74) is 1.21. The largest absolute Gasteiger partial charge is 0.290 e. The molecule has 0 unspecified atom stereocenters. The highest BCUT2D eigenvalue weighted by atomic mass is 127. The third kappa shape index (κ3) is 1.74. The van der Waals surface area contributed by atoms with Crippen LogP contribution in [-0.4, -0.2) is 0 Å². The number of benzene rings is 2. The summed E-state index contributed by atoms with van der Waals surface area (Å²) in [5.74, 6) is 0. The van der Waals surface area contributed by atoms with Gasteiger partial charge in [-0.2, -0.15) is 0 Å². The van der Waals surface area contributed by atoms with Gasteiger partial charge in [0, 0.05) is 19.2 Å². The molecular weight excluding hydrogens is 331 g/mol. The summed E-state index contributed by atoms with van der Waals surface area (Å²) in [6.07, 6.45) is 0. The monoisotopic (exact) mass is 338 g/mol. The molecule has 0 saturated carbocycles. The Morgan fingerprint density at radius 3 is 2.75 bits per heavy atom. The summed E-state index contributed by atoms with van der Waals surface area (Å²) in [4.78, 5) is 12.3. The fourth-order valence-electron chi connectivity index (χ4n) is 1.72. The minimum Gasteiger partial charge on any atom is -0.290 e. The van der Waals surface area contributed by atoms with Crippen molar-refractivity contribution in [1.29, 1.82) is 0 Å². The van der Waals surface area contributed by atoms with Crippen LogP contribution in [0.4, 0.5) is 0 Å². The third-order valence-corrected chi connectivity index (χ3v) is 4.31. The second-order valence-corrected chi connectivity index (χ2v) is 5.96. The Bertz CT molecular complexity index is 702. The molecule has 1 aromatic rings. The Morgan fingerprint density at radius 1 is 1.00 bits per heavy atom. The molecule has 78 valence electrons. The van der Waals surface area contributed by atoms with E-state index in [9.17, 15) is 4.79 Å². The van der Waals surface area contributed by atoms with Gasteiger partial charge >= 0.3 is 0 Å². The van der Waals surface area contributed by atoms with E-state index < -0.39 is 0 Å². The summed E-state index contributed by atoms with van der Waals surface area (Å²) in [7, 11) is 0. The van der Waals surface area contributed by atoms with Gasteiger partial charge in [0.2, 0.25) is 0 Å². The molecular formula is C13H7IOS. The fourth-order valence-corrected chi connectivity index (χ4v) is 3.51. The van der Waals surface area contributed by atoms with Gasteiger partial charge in [-0.05, 0) is 63.9 Å². The SMILES string of the molecule is O=c1ccc2cc3ccc(I)cc3sc-2c1. The number of halogens is 1. The lowest BCUT2D eigenvalue weighted by molar-refractivity contribution is 1.60. The third-order valence-electron chi connectivity index (χ3n) is 2.49. The Balaban J connectivity index is 2.46. The molecule has 0 bridgehead atoms. The molecule has 0 spiro atoms. The Hall–Kier alpha value is -0.940. The number of fused-ring (bicyclic) bond motifs is 2. The molecule has 1 heterocycles. The van der Waals surface area contributed by atoms with Gasteiger partial charge in [-0.25, -0.2) is 0 Å². The van der Waals surface area contributed by atoms with Crippen LogP contribution in [0.25, 0.3) is 20.5 Å². The average Bonchev–Trinajstić information content (AvgIpc) is 2.26. The van der Waals surface area contributed by atoms with E-state index in [0.29, 0.717) is 0 Å². The highest BCUT2D eigenvalue weighted by Crippen LogP contribution is 2.32. The van der Waals surface area contributed by atoms with Crippen LogP contribution >= 0.6 is 33.9 Å². The molecule has 0 amide bonds. The molecule has 0 fully saturated rings. The summed E-state index contributed by atoms with van der Waals surface area (Å²) in [5, 5.41) is 1.23. The van der Waals surface area contributed by atoms with E-state index in [2.05, 4.69) is 46.9 Å². The first-order chi connectivity index (χ1) is 7.72. The van der Waals surface area contributed by atoms with Crippen LogP contribution in [0.15, 0.2) is 47.3 Å². The van der Waals surface area contributed by atoms with Crippen molar-refractivity contribution in [2.24, 2.45) is 0 Å². The van der Waals surface area contributed by atoms with Crippen LogP contribution in [-0.2, 0) is 0 Å². The first kappa shape index (κ1) is 10.2. The van der Waals surface area contributed by atoms with Crippen LogP contribution in [0.3, 0.4) is 0 Å². The van der Waals surface area contributed by atoms with Gasteiger partial charge in [0.15, 0.2) is 5.43 Å². The van der Waals surface area contributed by atoms with E-state index in [4.69, 9.17) is 0 Å². The maximum absolute atomic E-state index is 11.3. The minimum atomic E-state index is 0.0775. The van der Waals surface area contributed by atoms with Gasteiger partial charge in [-0.15, -0.1) is 11.3 Å². The second kappa shape index (κ2) is 3.82. The standard InChI is InChI=1S/C13H7IOS/c14-10-3-1-8-5-9-2-4-11(15)7-13(9)16-12(8)6-10/h1-7H. The molecule has 3 heteroatoms. The zero-order valence-corrected chi connectivity index (χ0v) is 11.2. The van der Waals surface area contributed by atoms with Crippen LogP contribution in [0, 0.1) is 3.57 Å². The number of hydrogen-bond donors (Lipinski definition) is 0. The summed E-state index contributed by atoms with van der Waals surface area (Å²) in [6.45, 7) is 0. The maximum atomic E-state index is 11.3. The maximum Gasteiger partial charge on any atom is 0.180 e. The van der Waals surface area contributed by atoms with Crippen LogP contribution < -0.4 is 5.43 Å². The van der Waals surface area contributed by atoms with Crippen molar-refractivity contribution in [1.82, 2.24) is 0 Å². The highest BCUT2D eigenvalue weighted by Gasteiger charge is 2.05. The molecule has 0 aromatic heterocycles. The molecule has 0 atom stereocenters. The second-order valence-electron chi connectivity index (χ2n) is 3.63. The van der Waals surface area contributed by atoms with Crippen molar-refractivity contribution in [2.75, 3.05) is 0 Å². The highest BCUT2D eigenvalue weighted by molar-refractivity contribution is 14.1. The summed E-state index contributed by atoms with van der Waals surface area (Å²) < 4.78 is 2.45. The van der Waals surface area contributed by atoms with E-state index in [1.54, 1.807) is 23.5 Å². The van der Waals surface area contributed by atoms with Crippen molar-refractivity contribution < 1.29 is 0 Å². The number of rotatable bonds is 0. The van der Waals surface area contributed by atoms with Gasteiger partial charge in [-0.3, -0.25) is 4.79 Å². The first-order valence-corrected chi connectivity index (χ1v) is 6.75. The lowest BCUT2D eigenvalue weighted by Crippen LogP contribution is -1.96. The van der Waals surface area contributed by atoms with E-state index in [1.165, 1.54) is 13.7 Å². The van der Waals surface area contributed by atoms with Gasteiger partial charge in [0.1, 0.15) is 0 Å². The van der Waals surface area contributed by atoms with Crippen LogP contribution in [0.1, 0.15) is 0 Å². The average molecular weight is 338 g/mol. The fraction of sp³-hybridized carbons (Fsp3) is 0. The van der Waals surface area contributed by atoms with E-state index in [-0.39, 0.29) is 5.43 Å². The lowest BCUT2D eigenvalue weighted by atomic mass is 10.1. The number of hydrogen-bond acceptors (Lipinski definition) is 2. The molecule has 0 radical (unpaired) electrons. The van der Waals surface area contributed by atoms with Gasteiger partial charge in [0.05, 0.1) is 0 Å². The van der Waals surface area contributed by atoms with Crippen molar-refractivity contribution in [2.45, 2.75) is 0 Å². The molecule has 3 rings (SSSR count). The van der Waals surface area contributed by atoms with Crippen molar-refractivity contribution in [3.8, 4) is 10.4 Å². The molecule has 1 aliphatic heterocycles. The molecule has 1 aromatic carbocycles. The van der Waals surface area contributed by atoms with Crippen LogP contribution in [0.2, 0.25) is 0 Å².